The standard InChI is InChI=1S/C46H29N3O2/c1-46(2)35-17-9-8-15-31(35)32-21-19-28(23-36(32)46)44-47-43(26-11-4-3-5-12-26)48-45(49-44)29-20-22-33-34-16-10-18-37-40(34)41-39(50-37)24-27-13-6-7-14-30(27)42(41)51-38(33)25-29/h3-25H,1-2H3. The van der Waals surface area contributed by atoms with Crippen LogP contribution in [0.5, 0.6) is 0 Å². The van der Waals surface area contributed by atoms with E-state index in [1.807, 2.05) is 48.5 Å². The van der Waals surface area contributed by atoms with E-state index in [-0.39, 0.29) is 5.41 Å². The SMILES string of the molecule is CC1(C)c2ccccc2-c2ccc(-c3nc(-c4ccccc4)nc(-c4ccc5c(c4)oc4c6ccccc6cc6oc7cccc5c7c64)n3)cc21. The van der Waals surface area contributed by atoms with Gasteiger partial charge in [0.15, 0.2) is 17.5 Å². The molecule has 0 unspecified atom stereocenters. The van der Waals surface area contributed by atoms with E-state index in [0.29, 0.717) is 17.5 Å². The largest absolute Gasteiger partial charge is 0.456 e. The third-order valence-corrected chi connectivity index (χ3v) is 10.7. The summed E-state index contributed by atoms with van der Waals surface area (Å²) in [4.78, 5) is 15.3. The molecule has 7 aromatic carbocycles. The molecule has 3 heterocycles. The molecule has 10 aromatic rings. The van der Waals surface area contributed by atoms with E-state index in [0.717, 1.165) is 71.3 Å². The molecule has 0 bridgehead atoms. The molecule has 0 aliphatic heterocycles. The quantitative estimate of drug-likeness (QED) is 0.189. The first-order chi connectivity index (χ1) is 25.0. The number of rotatable bonds is 3. The first kappa shape index (κ1) is 28.3. The summed E-state index contributed by atoms with van der Waals surface area (Å²) in [5.74, 6) is 1.84. The molecule has 1 aliphatic carbocycles. The average molecular weight is 656 g/mol. The number of hydrogen-bond acceptors (Lipinski definition) is 5. The zero-order valence-corrected chi connectivity index (χ0v) is 27.9. The van der Waals surface area contributed by atoms with Crippen molar-refractivity contribution in [2.24, 2.45) is 0 Å². The summed E-state index contributed by atoms with van der Waals surface area (Å²) in [5, 5.41) is 6.23. The number of aromatic nitrogens is 3. The highest BCUT2D eigenvalue weighted by molar-refractivity contribution is 6.28. The Kier molecular flexibility index (Phi) is 5.66. The highest BCUT2D eigenvalue weighted by atomic mass is 16.3. The van der Waals surface area contributed by atoms with Crippen LogP contribution in [0.15, 0.2) is 148 Å². The molecule has 3 aromatic heterocycles. The van der Waals surface area contributed by atoms with Gasteiger partial charge in [-0.25, -0.2) is 15.0 Å². The van der Waals surface area contributed by atoms with Gasteiger partial charge in [0.2, 0.25) is 0 Å². The Morgan fingerprint density at radius 1 is 0.431 bits per heavy atom. The maximum absolute atomic E-state index is 6.96. The molecule has 0 spiro atoms. The van der Waals surface area contributed by atoms with Crippen LogP contribution in [0.25, 0.3) is 99.9 Å². The predicted octanol–water partition coefficient (Wildman–Crippen LogP) is 12.1. The van der Waals surface area contributed by atoms with Crippen LogP contribution in [-0.2, 0) is 5.41 Å². The highest BCUT2D eigenvalue weighted by Crippen LogP contribution is 2.49. The van der Waals surface area contributed by atoms with Crippen LogP contribution in [-0.4, -0.2) is 15.0 Å². The van der Waals surface area contributed by atoms with Gasteiger partial charge in [-0.05, 0) is 63.4 Å². The Bertz CT molecular complexity index is 3060. The monoisotopic (exact) mass is 655 g/mol. The van der Waals surface area contributed by atoms with Crippen molar-refractivity contribution in [1.29, 1.82) is 0 Å². The van der Waals surface area contributed by atoms with E-state index >= 15 is 0 Å². The van der Waals surface area contributed by atoms with Crippen molar-refractivity contribution in [2.45, 2.75) is 19.3 Å². The van der Waals surface area contributed by atoms with Gasteiger partial charge < -0.3 is 8.83 Å². The van der Waals surface area contributed by atoms with E-state index in [1.54, 1.807) is 0 Å². The van der Waals surface area contributed by atoms with Crippen molar-refractivity contribution in [2.75, 3.05) is 0 Å². The highest BCUT2D eigenvalue weighted by Gasteiger charge is 2.35. The van der Waals surface area contributed by atoms with Crippen LogP contribution in [0.2, 0.25) is 0 Å². The molecule has 5 nitrogen and oxygen atoms in total. The lowest BCUT2D eigenvalue weighted by Gasteiger charge is -2.21. The predicted molar refractivity (Wildman–Crippen MR) is 206 cm³/mol. The van der Waals surface area contributed by atoms with Crippen molar-refractivity contribution < 1.29 is 8.83 Å². The molecule has 0 N–H and O–H groups in total. The zero-order chi connectivity index (χ0) is 33.8. The van der Waals surface area contributed by atoms with Gasteiger partial charge >= 0.3 is 0 Å². The van der Waals surface area contributed by atoms with Crippen molar-refractivity contribution in [3.8, 4) is 45.3 Å². The number of benzene rings is 7. The van der Waals surface area contributed by atoms with Gasteiger partial charge in [-0.15, -0.1) is 0 Å². The molecule has 51 heavy (non-hydrogen) atoms. The minimum atomic E-state index is -0.140. The van der Waals surface area contributed by atoms with E-state index in [1.165, 1.54) is 22.3 Å². The fourth-order valence-electron chi connectivity index (χ4n) is 8.20. The Hall–Kier alpha value is -6.59. The lowest BCUT2D eigenvalue weighted by molar-refractivity contribution is 0.659. The molecule has 240 valence electrons. The third-order valence-electron chi connectivity index (χ3n) is 10.7. The van der Waals surface area contributed by atoms with E-state index in [4.69, 9.17) is 23.8 Å². The summed E-state index contributed by atoms with van der Waals surface area (Å²) < 4.78 is 13.3. The summed E-state index contributed by atoms with van der Waals surface area (Å²) in [6.07, 6.45) is 0. The number of fused-ring (bicyclic) bond motifs is 7. The Balaban J connectivity index is 1.16. The Morgan fingerprint density at radius 3 is 1.98 bits per heavy atom. The second-order valence-corrected chi connectivity index (χ2v) is 14.0. The van der Waals surface area contributed by atoms with Crippen molar-refractivity contribution in [3.05, 3.63) is 151 Å². The van der Waals surface area contributed by atoms with Gasteiger partial charge in [0.25, 0.3) is 0 Å². The fraction of sp³-hybridized carbons (Fsp3) is 0.0652. The van der Waals surface area contributed by atoms with E-state index in [9.17, 15) is 0 Å². The second kappa shape index (κ2) is 10.2. The van der Waals surface area contributed by atoms with Gasteiger partial charge in [0, 0.05) is 38.3 Å². The summed E-state index contributed by atoms with van der Waals surface area (Å²) >= 11 is 0. The van der Waals surface area contributed by atoms with Crippen LogP contribution in [0, 0.1) is 0 Å². The topological polar surface area (TPSA) is 65.0 Å². The second-order valence-electron chi connectivity index (χ2n) is 14.0. The first-order valence-corrected chi connectivity index (χ1v) is 17.3. The molecule has 0 fully saturated rings. The summed E-state index contributed by atoms with van der Waals surface area (Å²) in [6, 6.07) is 48.3. The lowest BCUT2D eigenvalue weighted by atomic mass is 9.82. The van der Waals surface area contributed by atoms with Crippen LogP contribution in [0.3, 0.4) is 0 Å². The lowest BCUT2D eigenvalue weighted by Crippen LogP contribution is -2.15. The molecule has 0 saturated carbocycles. The minimum Gasteiger partial charge on any atom is -0.456 e. The van der Waals surface area contributed by atoms with Crippen LogP contribution < -0.4 is 0 Å². The first-order valence-electron chi connectivity index (χ1n) is 17.3. The normalized spacial score (nSPS) is 13.5. The molecule has 0 atom stereocenters. The molecular weight excluding hydrogens is 627 g/mol. The average Bonchev–Trinajstić information content (AvgIpc) is 3.60. The Morgan fingerprint density at radius 2 is 1.12 bits per heavy atom. The van der Waals surface area contributed by atoms with E-state index < -0.39 is 0 Å². The van der Waals surface area contributed by atoms with Crippen molar-refractivity contribution in [3.63, 3.8) is 0 Å². The molecule has 0 amide bonds. The molecule has 5 heteroatoms. The van der Waals surface area contributed by atoms with Gasteiger partial charge in [-0.3, -0.25) is 0 Å². The van der Waals surface area contributed by atoms with Gasteiger partial charge in [-0.1, -0.05) is 123 Å². The summed E-state index contributed by atoms with van der Waals surface area (Å²) in [6.45, 7) is 4.59. The van der Waals surface area contributed by atoms with Crippen LogP contribution >= 0.6 is 0 Å². The maximum atomic E-state index is 6.96. The van der Waals surface area contributed by atoms with Gasteiger partial charge in [0.1, 0.15) is 22.3 Å². The van der Waals surface area contributed by atoms with Crippen LogP contribution in [0.4, 0.5) is 0 Å². The molecular formula is C46H29N3O2. The summed E-state index contributed by atoms with van der Waals surface area (Å²) in [5.41, 5.74) is 11.0. The van der Waals surface area contributed by atoms with Gasteiger partial charge in [0.05, 0.1) is 5.39 Å². The molecule has 1 aliphatic rings. The number of hydrogen-bond donors (Lipinski definition) is 0. The molecule has 11 rings (SSSR count). The fourth-order valence-corrected chi connectivity index (χ4v) is 8.20. The van der Waals surface area contributed by atoms with E-state index in [2.05, 4.69) is 105 Å². The maximum Gasteiger partial charge on any atom is 0.164 e. The van der Waals surface area contributed by atoms with Crippen molar-refractivity contribution >= 4 is 54.6 Å². The van der Waals surface area contributed by atoms with Gasteiger partial charge in [-0.2, -0.15) is 0 Å². The van der Waals surface area contributed by atoms with Crippen LogP contribution in [0.1, 0.15) is 25.0 Å². The van der Waals surface area contributed by atoms with Crippen molar-refractivity contribution in [1.82, 2.24) is 15.0 Å². The summed E-state index contributed by atoms with van der Waals surface area (Å²) in [7, 11) is 0. The number of furan rings is 1. The smallest absolute Gasteiger partial charge is 0.164 e. The third kappa shape index (κ3) is 4.06. The number of nitrogens with zero attached hydrogens (tertiary/aromatic N) is 3. The molecule has 0 radical (unpaired) electrons. The minimum absolute atomic E-state index is 0.140. The molecule has 0 saturated heterocycles. The zero-order valence-electron chi connectivity index (χ0n) is 27.9. The Labute approximate surface area is 292 Å².